The third-order valence-electron chi connectivity index (χ3n) is 3.29. The summed E-state index contributed by atoms with van der Waals surface area (Å²) in [6.45, 7) is 2.33. The molecule has 0 aromatic heterocycles. The zero-order chi connectivity index (χ0) is 10.7. The van der Waals surface area contributed by atoms with Gasteiger partial charge in [-0.15, -0.1) is 0 Å². The van der Waals surface area contributed by atoms with Gasteiger partial charge >= 0.3 is 0 Å². The molecule has 0 amide bonds. The molecule has 2 heterocycles. The van der Waals surface area contributed by atoms with Crippen molar-refractivity contribution in [3.05, 3.63) is 36.4 Å². The lowest BCUT2D eigenvalue weighted by atomic mass is 10.4. The molecule has 2 aromatic rings. The molecule has 2 aliphatic rings. The summed E-state index contributed by atoms with van der Waals surface area (Å²) >= 11 is 0. The molecule has 0 aliphatic carbocycles. The number of hydrogen-bond acceptors (Lipinski definition) is 2. The van der Waals surface area contributed by atoms with Gasteiger partial charge in [0.25, 0.3) is 0 Å². The molecule has 0 N–H and O–H groups in total. The van der Waals surface area contributed by atoms with Crippen LogP contribution in [0.2, 0.25) is 6.55 Å². The van der Waals surface area contributed by atoms with E-state index in [1.54, 1.807) is 0 Å². The Morgan fingerprint density at radius 2 is 1.31 bits per heavy atom. The third kappa shape index (κ3) is 1.06. The van der Waals surface area contributed by atoms with Gasteiger partial charge in [-0.2, -0.15) is 0 Å². The van der Waals surface area contributed by atoms with E-state index in [1.807, 2.05) is 12.1 Å². The summed E-state index contributed by atoms with van der Waals surface area (Å²) in [5.74, 6) is 4.32. The van der Waals surface area contributed by atoms with Gasteiger partial charge in [0.1, 0.15) is 8.80 Å². The molecule has 0 saturated heterocycles. The van der Waals surface area contributed by atoms with Crippen LogP contribution in [0.25, 0.3) is 0 Å². The number of benzene rings is 2. The number of rotatable bonds is 2. The van der Waals surface area contributed by atoms with Crippen molar-refractivity contribution in [1.82, 2.24) is 0 Å². The van der Waals surface area contributed by atoms with E-state index in [9.17, 15) is 0 Å². The first-order valence-corrected chi connectivity index (χ1v) is 7.77. The topological polar surface area (TPSA) is 25.1 Å². The molecule has 0 unspecified atom stereocenters. The molecule has 2 aromatic carbocycles. The lowest BCUT2D eigenvalue weighted by molar-refractivity contribution is 0.651. The molecule has 0 saturated carbocycles. The van der Waals surface area contributed by atoms with Crippen molar-refractivity contribution in [2.75, 3.05) is 0 Å². The molecule has 78 valence electrons. The summed E-state index contributed by atoms with van der Waals surface area (Å²) in [5.41, 5.74) is 0. The van der Waals surface area contributed by atoms with E-state index in [0.29, 0.717) is 0 Å². The second kappa shape index (κ2) is 2.68. The van der Waals surface area contributed by atoms with E-state index in [2.05, 4.69) is 30.8 Å². The van der Waals surface area contributed by atoms with Crippen LogP contribution in [0.15, 0.2) is 36.4 Å². The van der Waals surface area contributed by atoms with E-state index < -0.39 is 8.80 Å². The van der Waals surface area contributed by atoms with Crippen molar-refractivity contribution < 1.29 is 9.47 Å². The Morgan fingerprint density at radius 3 is 1.81 bits per heavy atom. The van der Waals surface area contributed by atoms with Crippen LogP contribution in [-0.2, 0) is 0 Å². The van der Waals surface area contributed by atoms with Crippen molar-refractivity contribution in [2.24, 2.45) is 0 Å². The Balaban J connectivity index is 1.81. The van der Waals surface area contributed by atoms with Crippen molar-refractivity contribution in [1.29, 1.82) is 0 Å². The second-order valence-electron chi connectivity index (χ2n) is 4.27. The summed E-state index contributed by atoms with van der Waals surface area (Å²) in [4.78, 5) is 0. The van der Waals surface area contributed by atoms with Gasteiger partial charge in [0.15, 0.2) is 23.0 Å². The fourth-order valence-corrected chi connectivity index (χ4v) is 4.59. The van der Waals surface area contributed by atoms with Gasteiger partial charge in [0.05, 0.1) is 0 Å². The first-order chi connectivity index (χ1) is 7.84. The number of ether oxygens (including phenoxy) is 2. The van der Waals surface area contributed by atoms with Gasteiger partial charge in [0, 0.05) is 0 Å². The van der Waals surface area contributed by atoms with Gasteiger partial charge in [-0.25, -0.2) is 0 Å². The molecule has 0 bridgehead atoms. The molecule has 0 spiro atoms. The molecule has 4 rings (SSSR count). The molecule has 2 aliphatic heterocycles. The summed E-state index contributed by atoms with van der Waals surface area (Å²) in [5, 5.41) is 2.78. The highest BCUT2D eigenvalue weighted by Gasteiger charge is 2.32. The summed E-state index contributed by atoms with van der Waals surface area (Å²) < 4.78 is 10.9. The SMILES string of the molecule is C[SiH](c1cccc2c1O2)c1cccc2c1O2. The van der Waals surface area contributed by atoms with Crippen molar-refractivity contribution >= 4 is 19.2 Å². The maximum Gasteiger partial charge on any atom is 0.170 e. The van der Waals surface area contributed by atoms with E-state index in [0.717, 1.165) is 23.0 Å². The van der Waals surface area contributed by atoms with Gasteiger partial charge < -0.3 is 9.47 Å². The monoisotopic (exact) mass is 226 g/mol. The van der Waals surface area contributed by atoms with Gasteiger partial charge in [-0.1, -0.05) is 30.8 Å². The molecular formula is C13H10O2Si. The van der Waals surface area contributed by atoms with Gasteiger partial charge in [-0.05, 0) is 22.5 Å². The Bertz CT molecular complexity index is 553. The lowest BCUT2D eigenvalue weighted by Crippen LogP contribution is -2.37. The highest BCUT2D eigenvalue weighted by molar-refractivity contribution is 6.85. The Labute approximate surface area is 95.0 Å². The van der Waals surface area contributed by atoms with Crippen LogP contribution in [0.4, 0.5) is 0 Å². The van der Waals surface area contributed by atoms with Crippen LogP contribution in [0.1, 0.15) is 0 Å². The average Bonchev–Trinajstić information content (AvgIpc) is 3.17. The maximum absolute atomic E-state index is 5.46. The maximum atomic E-state index is 5.46. The number of fused-ring (bicyclic) bond motifs is 2. The van der Waals surface area contributed by atoms with Crippen LogP contribution in [0, 0.1) is 0 Å². The molecular weight excluding hydrogens is 216 g/mol. The largest absolute Gasteiger partial charge is 0.450 e. The van der Waals surface area contributed by atoms with Gasteiger partial charge in [0.2, 0.25) is 0 Å². The molecule has 2 nitrogen and oxygen atoms in total. The normalized spacial score (nSPS) is 13.6. The Kier molecular flexibility index (Phi) is 1.41. The predicted molar refractivity (Wildman–Crippen MR) is 65.3 cm³/mol. The zero-order valence-electron chi connectivity index (χ0n) is 8.86. The van der Waals surface area contributed by atoms with E-state index in [4.69, 9.17) is 9.47 Å². The molecule has 3 heteroatoms. The van der Waals surface area contributed by atoms with E-state index in [-0.39, 0.29) is 0 Å². The molecule has 16 heavy (non-hydrogen) atoms. The first-order valence-electron chi connectivity index (χ1n) is 5.46. The number of para-hydroxylation sites is 2. The van der Waals surface area contributed by atoms with E-state index in [1.165, 1.54) is 10.4 Å². The minimum Gasteiger partial charge on any atom is -0.450 e. The van der Waals surface area contributed by atoms with Crippen LogP contribution in [-0.4, -0.2) is 8.80 Å². The molecule has 0 atom stereocenters. The fraction of sp³-hybridized carbons (Fsp3) is 0.0769. The smallest absolute Gasteiger partial charge is 0.170 e. The Morgan fingerprint density at radius 1 is 0.812 bits per heavy atom. The van der Waals surface area contributed by atoms with Gasteiger partial charge in [-0.3, -0.25) is 0 Å². The lowest BCUT2D eigenvalue weighted by Gasteiger charge is -2.06. The van der Waals surface area contributed by atoms with Crippen LogP contribution in [0.3, 0.4) is 0 Å². The molecule has 0 fully saturated rings. The number of hydrogen-bond donors (Lipinski definition) is 0. The summed E-state index contributed by atoms with van der Waals surface area (Å²) in [6, 6.07) is 12.6. The highest BCUT2D eigenvalue weighted by Crippen LogP contribution is 2.45. The van der Waals surface area contributed by atoms with Crippen molar-refractivity contribution in [3.63, 3.8) is 0 Å². The first kappa shape index (κ1) is 8.41. The summed E-state index contributed by atoms with van der Waals surface area (Å²) in [6.07, 6.45) is 0. The van der Waals surface area contributed by atoms with Crippen molar-refractivity contribution in [2.45, 2.75) is 6.55 Å². The second-order valence-corrected chi connectivity index (χ2v) is 6.96. The zero-order valence-corrected chi connectivity index (χ0v) is 10.0. The minimum absolute atomic E-state index is 1.05. The van der Waals surface area contributed by atoms with Crippen LogP contribution < -0.4 is 19.8 Å². The average molecular weight is 226 g/mol. The predicted octanol–water partition coefficient (Wildman–Crippen LogP) is 1.87. The van der Waals surface area contributed by atoms with Crippen LogP contribution >= 0.6 is 0 Å². The Hall–Kier alpha value is -1.74. The standard InChI is InChI=1S/C13H10O2Si/c1-16(10-6-2-4-8-12(10)14-8)11-7-3-5-9-13(11)15-9/h2-7,16H,1H3. The minimum atomic E-state index is -1.14. The van der Waals surface area contributed by atoms with E-state index >= 15 is 0 Å². The quantitative estimate of drug-likeness (QED) is 0.385. The molecule has 0 radical (unpaired) electrons. The third-order valence-corrected chi connectivity index (χ3v) is 6.07. The fourth-order valence-electron chi connectivity index (χ4n) is 2.27. The summed E-state index contributed by atoms with van der Waals surface area (Å²) in [7, 11) is -1.14. The van der Waals surface area contributed by atoms with Crippen molar-refractivity contribution in [3.8, 4) is 23.0 Å². The van der Waals surface area contributed by atoms with Crippen LogP contribution in [0.5, 0.6) is 23.0 Å². The highest BCUT2D eigenvalue weighted by atomic mass is 28.3.